The minimum Gasteiger partial charge on any atom is -0.381 e. The molecule has 0 aliphatic carbocycles. The molecule has 14 heavy (non-hydrogen) atoms. The first-order chi connectivity index (χ1) is 6.84. The van der Waals surface area contributed by atoms with Crippen molar-refractivity contribution in [1.82, 2.24) is 15.2 Å². The fourth-order valence-corrected chi connectivity index (χ4v) is 1.55. The van der Waals surface area contributed by atoms with Gasteiger partial charge in [-0.25, -0.2) is 5.10 Å². The van der Waals surface area contributed by atoms with E-state index in [9.17, 15) is 0 Å². The normalized spacial score (nSPS) is 21.3. The molecule has 0 radical (unpaired) electrons. The molecule has 4 N–H and O–H groups in total. The molecule has 1 saturated heterocycles. The number of aromatic amines is 1. The van der Waals surface area contributed by atoms with E-state index in [-0.39, 0.29) is 0 Å². The summed E-state index contributed by atoms with van der Waals surface area (Å²) in [6.07, 6.45) is 2.26. The molecule has 6 nitrogen and oxygen atoms in total. The van der Waals surface area contributed by atoms with Crippen molar-refractivity contribution in [1.29, 1.82) is 0 Å². The lowest BCUT2D eigenvalue weighted by Crippen LogP contribution is -2.09. The van der Waals surface area contributed by atoms with Crippen molar-refractivity contribution >= 4 is 11.9 Å². The zero-order chi connectivity index (χ0) is 9.80. The summed E-state index contributed by atoms with van der Waals surface area (Å²) in [6, 6.07) is 0. The average Bonchev–Trinajstić information content (AvgIpc) is 2.77. The van der Waals surface area contributed by atoms with E-state index in [4.69, 9.17) is 10.5 Å². The topological polar surface area (TPSA) is 88.8 Å². The Kier molecular flexibility index (Phi) is 2.83. The number of nitrogens with one attached hydrogen (secondary N) is 2. The van der Waals surface area contributed by atoms with E-state index < -0.39 is 0 Å². The molecular formula is C8H15N5O. The van der Waals surface area contributed by atoms with E-state index in [1.54, 1.807) is 0 Å². The number of hydrogen-bond acceptors (Lipinski definition) is 5. The van der Waals surface area contributed by atoms with E-state index >= 15 is 0 Å². The van der Waals surface area contributed by atoms with Gasteiger partial charge in [-0.05, 0) is 18.8 Å². The van der Waals surface area contributed by atoms with E-state index in [0.717, 1.165) is 32.6 Å². The van der Waals surface area contributed by atoms with Gasteiger partial charge in [0, 0.05) is 19.8 Å². The first-order valence-corrected chi connectivity index (χ1v) is 4.84. The predicted molar refractivity (Wildman–Crippen MR) is 52.8 cm³/mol. The summed E-state index contributed by atoms with van der Waals surface area (Å²) in [6.45, 7) is 2.65. The van der Waals surface area contributed by atoms with Gasteiger partial charge in [-0.3, -0.25) is 0 Å². The fraction of sp³-hybridized carbons (Fsp3) is 0.750. The number of ether oxygens (including phenoxy) is 1. The van der Waals surface area contributed by atoms with E-state index in [2.05, 4.69) is 20.5 Å². The van der Waals surface area contributed by atoms with Crippen LogP contribution in [0, 0.1) is 5.92 Å². The van der Waals surface area contributed by atoms with Crippen LogP contribution in [0.25, 0.3) is 0 Å². The lowest BCUT2D eigenvalue weighted by atomic mass is 10.1. The first-order valence-electron chi connectivity index (χ1n) is 4.84. The molecule has 2 heterocycles. The molecule has 1 aliphatic rings. The smallest absolute Gasteiger partial charge is 0.243 e. The second-order valence-electron chi connectivity index (χ2n) is 3.49. The number of nitrogen functional groups attached to an aromatic ring is 1. The molecule has 1 aliphatic heterocycles. The average molecular weight is 197 g/mol. The van der Waals surface area contributed by atoms with Gasteiger partial charge in [0.25, 0.3) is 0 Å². The summed E-state index contributed by atoms with van der Waals surface area (Å²) in [5.41, 5.74) is 5.38. The van der Waals surface area contributed by atoms with Crippen molar-refractivity contribution in [2.45, 2.75) is 12.8 Å². The fourth-order valence-electron chi connectivity index (χ4n) is 1.55. The Morgan fingerprint density at radius 2 is 2.57 bits per heavy atom. The SMILES string of the molecule is Nc1nc(NCCC2CCOC2)n[nH]1. The summed E-state index contributed by atoms with van der Waals surface area (Å²) in [5, 5.41) is 9.56. The molecule has 1 atom stereocenters. The second-order valence-corrected chi connectivity index (χ2v) is 3.49. The van der Waals surface area contributed by atoms with Crippen LogP contribution in [0.3, 0.4) is 0 Å². The van der Waals surface area contributed by atoms with E-state index in [1.165, 1.54) is 0 Å². The van der Waals surface area contributed by atoms with Gasteiger partial charge in [0.2, 0.25) is 11.9 Å². The monoisotopic (exact) mass is 197 g/mol. The Balaban J connectivity index is 1.67. The highest BCUT2D eigenvalue weighted by Crippen LogP contribution is 2.15. The number of H-pyrrole nitrogens is 1. The molecule has 0 aromatic carbocycles. The molecule has 78 valence electrons. The molecule has 2 rings (SSSR count). The summed E-state index contributed by atoms with van der Waals surface area (Å²) in [4.78, 5) is 3.94. The van der Waals surface area contributed by atoms with Gasteiger partial charge in [-0.15, -0.1) is 5.10 Å². The van der Waals surface area contributed by atoms with Crippen LogP contribution in [0.4, 0.5) is 11.9 Å². The molecule has 0 bridgehead atoms. The number of hydrogen-bond donors (Lipinski definition) is 3. The summed E-state index contributed by atoms with van der Waals surface area (Å²) < 4.78 is 5.28. The third-order valence-electron chi connectivity index (χ3n) is 2.36. The highest BCUT2D eigenvalue weighted by Gasteiger charge is 2.14. The largest absolute Gasteiger partial charge is 0.381 e. The number of rotatable bonds is 4. The first kappa shape index (κ1) is 9.26. The second kappa shape index (κ2) is 4.28. The Labute approximate surface area is 82.2 Å². The minimum absolute atomic E-state index is 0.344. The van der Waals surface area contributed by atoms with Crippen LogP contribution >= 0.6 is 0 Å². The highest BCUT2D eigenvalue weighted by molar-refractivity contribution is 5.29. The van der Waals surface area contributed by atoms with Crippen LogP contribution in [0.15, 0.2) is 0 Å². The third kappa shape index (κ3) is 2.35. The van der Waals surface area contributed by atoms with Crippen LogP contribution in [-0.4, -0.2) is 34.9 Å². The quantitative estimate of drug-likeness (QED) is 0.642. The van der Waals surface area contributed by atoms with Crippen molar-refractivity contribution < 1.29 is 4.74 Å². The predicted octanol–water partition coefficient (Wildman–Crippen LogP) is 0.225. The molecule has 6 heteroatoms. The van der Waals surface area contributed by atoms with Crippen LogP contribution in [-0.2, 0) is 4.74 Å². The van der Waals surface area contributed by atoms with E-state index in [0.29, 0.717) is 17.8 Å². The number of aromatic nitrogens is 3. The third-order valence-corrected chi connectivity index (χ3v) is 2.36. The molecule has 1 unspecified atom stereocenters. The maximum atomic E-state index is 5.38. The Bertz CT molecular complexity index is 281. The Hall–Kier alpha value is -1.30. The van der Waals surface area contributed by atoms with Crippen LogP contribution in [0.1, 0.15) is 12.8 Å². The van der Waals surface area contributed by atoms with Crippen molar-refractivity contribution in [2.75, 3.05) is 30.8 Å². The van der Waals surface area contributed by atoms with Crippen molar-refractivity contribution in [3.05, 3.63) is 0 Å². The molecule has 1 aromatic rings. The standard InChI is InChI=1S/C8H15N5O/c9-7-11-8(13-12-7)10-3-1-6-2-4-14-5-6/h6H,1-5H2,(H4,9,10,11,12,13). The molecular weight excluding hydrogens is 182 g/mol. The van der Waals surface area contributed by atoms with Crippen molar-refractivity contribution in [3.8, 4) is 0 Å². The van der Waals surface area contributed by atoms with Crippen LogP contribution in [0.5, 0.6) is 0 Å². The van der Waals surface area contributed by atoms with Gasteiger partial charge in [-0.2, -0.15) is 4.98 Å². The van der Waals surface area contributed by atoms with Gasteiger partial charge in [0.05, 0.1) is 0 Å². The van der Waals surface area contributed by atoms with Gasteiger partial charge in [0.1, 0.15) is 0 Å². The summed E-state index contributed by atoms with van der Waals surface area (Å²) in [5.74, 6) is 1.59. The van der Waals surface area contributed by atoms with Crippen LogP contribution < -0.4 is 11.1 Å². The number of nitrogens with two attached hydrogens (primary N) is 1. The van der Waals surface area contributed by atoms with Crippen molar-refractivity contribution in [3.63, 3.8) is 0 Å². The maximum absolute atomic E-state index is 5.38. The lowest BCUT2D eigenvalue weighted by molar-refractivity contribution is 0.185. The van der Waals surface area contributed by atoms with Gasteiger partial charge >= 0.3 is 0 Å². The van der Waals surface area contributed by atoms with Gasteiger partial charge in [0.15, 0.2) is 0 Å². The van der Waals surface area contributed by atoms with Gasteiger partial charge < -0.3 is 15.8 Å². The van der Waals surface area contributed by atoms with E-state index in [1.807, 2.05) is 0 Å². The molecule has 0 spiro atoms. The number of nitrogens with zero attached hydrogens (tertiary/aromatic N) is 2. The Morgan fingerprint density at radius 3 is 3.21 bits per heavy atom. The van der Waals surface area contributed by atoms with Gasteiger partial charge in [-0.1, -0.05) is 0 Å². The molecule has 0 amide bonds. The molecule has 0 saturated carbocycles. The zero-order valence-corrected chi connectivity index (χ0v) is 7.99. The van der Waals surface area contributed by atoms with Crippen LogP contribution in [0.2, 0.25) is 0 Å². The zero-order valence-electron chi connectivity index (χ0n) is 7.99. The minimum atomic E-state index is 0.344. The highest BCUT2D eigenvalue weighted by atomic mass is 16.5. The molecule has 1 aromatic heterocycles. The number of anilines is 2. The Morgan fingerprint density at radius 1 is 1.64 bits per heavy atom. The maximum Gasteiger partial charge on any atom is 0.243 e. The lowest BCUT2D eigenvalue weighted by Gasteiger charge is -2.06. The van der Waals surface area contributed by atoms with Crippen molar-refractivity contribution in [2.24, 2.45) is 5.92 Å². The summed E-state index contributed by atoms with van der Waals surface area (Å²) >= 11 is 0. The molecule has 1 fully saturated rings. The summed E-state index contributed by atoms with van der Waals surface area (Å²) in [7, 11) is 0.